The summed E-state index contributed by atoms with van der Waals surface area (Å²) in [5.41, 5.74) is 7.29. The molecular formula is C41H53ClN8O2S. The van der Waals surface area contributed by atoms with Crippen LogP contribution in [0.5, 0.6) is 0 Å². The zero-order valence-electron chi connectivity index (χ0n) is 31.7. The molecule has 0 spiro atoms. The molecule has 0 atom stereocenters. The van der Waals surface area contributed by atoms with Crippen molar-refractivity contribution < 1.29 is 4.92 Å². The summed E-state index contributed by atoms with van der Waals surface area (Å²) in [6.07, 6.45) is 5.91. The number of rotatable bonds is 15. The van der Waals surface area contributed by atoms with Crippen LogP contribution in [0.25, 0.3) is 16.5 Å². The maximum absolute atomic E-state index is 11.9. The number of benzene rings is 3. The number of anilines is 3. The zero-order chi connectivity index (χ0) is 37.5. The second-order valence-electron chi connectivity index (χ2n) is 15.7. The lowest BCUT2D eigenvalue weighted by molar-refractivity contribution is -0.384. The van der Waals surface area contributed by atoms with Crippen LogP contribution in [0.4, 0.5) is 22.9 Å². The molecule has 3 aromatic carbocycles. The Morgan fingerprint density at radius 1 is 1.04 bits per heavy atom. The predicted molar refractivity (Wildman–Crippen MR) is 222 cm³/mol. The van der Waals surface area contributed by atoms with Gasteiger partial charge in [-0.3, -0.25) is 15.0 Å². The lowest BCUT2D eigenvalue weighted by atomic mass is 9.73. The average Bonchev–Trinajstić information content (AvgIpc) is 3.13. The van der Waals surface area contributed by atoms with Gasteiger partial charge < -0.3 is 19.8 Å². The van der Waals surface area contributed by atoms with Gasteiger partial charge in [0, 0.05) is 72.9 Å². The Bertz CT molecular complexity index is 1910. The lowest BCUT2D eigenvalue weighted by Crippen LogP contribution is -2.47. The molecule has 0 bridgehead atoms. The van der Waals surface area contributed by atoms with Crippen molar-refractivity contribution >= 4 is 62.9 Å². The van der Waals surface area contributed by atoms with E-state index in [4.69, 9.17) is 11.6 Å². The molecule has 6 rings (SSSR count). The summed E-state index contributed by atoms with van der Waals surface area (Å²) in [6, 6.07) is 20.0. The van der Waals surface area contributed by atoms with E-state index in [2.05, 4.69) is 99.8 Å². The first kappa shape index (κ1) is 38.8. The van der Waals surface area contributed by atoms with Crippen LogP contribution in [0.2, 0.25) is 5.02 Å². The van der Waals surface area contributed by atoms with E-state index in [9.17, 15) is 10.1 Å². The van der Waals surface area contributed by atoms with Crippen LogP contribution >= 0.6 is 23.5 Å². The van der Waals surface area contributed by atoms with Gasteiger partial charge in [0.15, 0.2) is 0 Å². The summed E-state index contributed by atoms with van der Waals surface area (Å²) < 4.78 is 3.32. The Kier molecular flexibility index (Phi) is 12.8. The van der Waals surface area contributed by atoms with Crippen molar-refractivity contribution in [2.24, 2.45) is 11.3 Å². The molecule has 0 amide bonds. The molecule has 2 aliphatic rings. The van der Waals surface area contributed by atoms with Gasteiger partial charge in [0.1, 0.15) is 17.8 Å². The fraction of sp³-hybridized carbons (Fsp3) is 0.463. The number of halogens is 1. The van der Waals surface area contributed by atoms with Crippen LogP contribution in [-0.4, -0.2) is 84.1 Å². The van der Waals surface area contributed by atoms with E-state index < -0.39 is 0 Å². The summed E-state index contributed by atoms with van der Waals surface area (Å²) in [4.78, 5) is 28.8. The van der Waals surface area contributed by atoms with E-state index in [0.717, 1.165) is 91.6 Å². The summed E-state index contributed by atoms with van der Waals surface area (Å²) in [6.45, 7) is 16.7. The van der Waals surface area contributed by atoms with Crippen LogP contribution in [0.3, 0.4) is 0 Å². The minimum Gasteiger partial charge on any atom is -0.379 e. The van der Waals surface area contributed by atoms with Crippen LogP contribution in [0.15, 0.2) is 77.5 Å². The first-order valence-corrected chi connectivity index (χ1v) is 20.0. The van der Waals surface area contributed by atoms with Crippen molar-refractivity contribution in [3.63, 3.8) is 0 Å². The molecule has 2 heterocycles. The molecule has 1 aromatic heterocycles. The Hall–Kier alpha value is -3.90. The Morgan fingerprint density at radius 3 is 2.55 bits per heavy atom. The maximum Gasteiger partial charge on any atom is 0.293 e. The third kappa shape index (κ3) is 10.4. The highest BCUT2D eigenvalue weighted by Gasteiger charge is 2.29. The summed E-state index contributed by atoms with van der Waals surface area (Å²) in [5.74, 6) is 1.28. The lowest BCUT2D eigenvalue weighted by Gasteiger charge is -2.39. The van der Waals surface area contributed by atoms with Crippen molar-refractivity contribution in [1.82, 2.24) is 19.8 Å². The molecule has 0 unspecified atom stereocenters. The first-order chi connectivity index (χ1) is 25.4. The quantitative estimate of drug-likeness (QED) is 0.0528. The summed E-state index contributed by atoms with van der Waals surface area (Å²) in [5, 5.41) is 16.9. The monoisotopic (exact) mass is 756 g/mol. The minimum absolute atomic E-state index is 0.0610. The molecule has 2 N–H and O–H groups in total. The van der Waals surface area contributed by atoms with Crippen LogP contribution in [-0.2, 0) is 0 Å². The highest BCUT2D eigenvalue weighted by Crippen LogP contribution is 2.43. The minimum atomic E-state index is -0.328. The van der Waals surface area contributed by atoms with E-state index in [1.807, 2.05) is 18.2 Å². The third-order valence-corrected chi connectivity index (χ3v) is 11.3. The van der Waals surface area contributed by atoms with E-state index >= 15 is 0 Å². The summed E-state index contributed by atoms with van der Waals surface area (Å²) in [7, 11) is 2.11. The highest BCUT2D eigenvalue weighted by atomic mass is 35.5. The normalized spacial score (nSPS) is 16.5. The van der Waals surface area contributed by atoms with E-state index in [0.29, 0.717) is 29.4 Å². The van der Waals surface area contributed by atoms with Gasteiger partial charge >= 0.3 is 0 Å². The number of nitro benzene ring substituents is 1. The van der Waals surface area contributed by atoms with Crippen LogP contribution in [0, 0.1) is 21.4 Å². The Labute approximate surface area is 323 Å². The number of hydrogen-bond donors (Lipinski definition) is 2. The second kappa shape index (κ2) is 17.5. The van der Waals surface area contributed by atoms with Crippen molar-refractivity contribution in [3.8, 4) is 0 Å². The summed E-state index contributed by atoms with van der Waals surface area (Å²) >= 11 is 7.52. The van der Waals surface area contributed by atoms with E-state index in [1.165, 1.54) is 29.5 Å². The Balaban J connectivity index is 1.06. The van der Waals surface area contributed by atoms with E-state index in [-0.39, 0.29) is 10.6 Å². The number of aromatic nitrogens is 2. The zero-order valence-corrected chi connectivity index (χ0v) is 33.3. The highest BCUT2D eigenvalue weighted by molar-refractivity contribution is 8.00. The second-order valence-corrected chi connectivity index (χ2v) is 17.0. The van der Waals surface area contributed by atoms with Gasteiger partial charge in [-0.2, -0.15) is 0 Å². The van der Waals surface area contributed by atoms with Gasteiger partial charge in [-0.1, -0.05) is 57.0 Å². The average molecular weight is 757 g/mol. The topological polar surface area (TPSA) is 103 Å². The van der Waals surface area contributed by atoms with Crippen molar-refractivity contribution in [2.75, 3.05) is 74.3 Å². The Morgan fingerprint density at radius 2 is 1.81 bits per heavy atom. The standard InChI is InChI=1S/C41H53ClN8O2S/c1-29(2)26-47(5)18-6-17-43-37-14-12-34(24-39(37)50(51)52)53-46-40-36-13-11-33(23-38(36)44-28-45-40)49-21-19-48(20-22-49)27-31-25-41(3,4)16-15-35(31)30-7-9-32(42)10-8-30/h7-14,23-24,28-29,43H,6,15-22,25-27H2,1-5H3,(H,44,45,46). The number of fused-ring (bicyclic) bond motifs is 1. The number of nitrogens with zero attached hydrogens (tertiary/aromatic N) is 6. The third-order valence-electron chi connectivity index (χ3n) is 10.3. The molecule has 4 aromatic rings. The van der Waals surface area contributed by atoms with Gasteiger partial charge in [0.2, 0.25) is 0 Å². The SMILES string of the molecule is CC(C)CN(C)CCCNc1ccc(SNc2ncnc3cc(N4CCN(CC5=C(c6ccc(Cl)cc6)CCC(C)(C)C5)CC4)ccc23)cc1[N+](=O)[O-]. The first-order valence-electron chi connectivity index (χ1n) is 18.8. The number of piperazine rings is 1. The number of nitro groups is 1. The number of allylic oxidation sites excluding steroid dienone is 1. The molecule has 1 fully saturated rings. The molecule has 1 aliphatic carbocycles. The molecule has 0 radical (unpaired) electrons. The molecule has 282 valence electrons. The number of nitrogens with one attached hydrogen (secondary N) is 2. The molecule has 53 heavy (non-hydrogen) atoms. The van der Waals surface area contributed by atoms with Gasteiger partial charge in [0.05, 0.1) is 10.4 Å². The van der Waals surface area contributed by atoms with Crippen LogP contribution < -0.4 is 14.9 Å². The molecule has 0 saturated carbocycles. The fourth-order valence-electron chi connectivity index (χ4n) is 7.59. The van der Waals surface area contributed by atoms with Crippen molar-refractivity contribution in [3.05, 3.63) is 93.3 Å². The number of hydrogen-bond acceptors (Lipinski definition) is 10. The maximum atomic E-state index is 11.9. The van der Waals surface area contributed by atoms with Crippen LogP contribution in [0.1, 0.15) is 58.9 Å². The fourth-order valence-corrected chi connectivity index (χ4v) is 8.40. The van der Waals surface area contributed by atoms with E-state index in [1.54, 1.807) is 24.0 Å². The van der Waals surface area contributed by atoms with Gasteiger partial charge in [-0.15, -0.1) is 0 Å². The van der Waals surface area contributed by atoms with Crippen molar-refractivity contribution in [1.29, 1.82) is 0 Å². The molecule has 12 heteroatoms. The largest absolute Gasteiger partial charge is 0.379 e. The van der Waals surface area contributed by atoms with Gasteiger partial charge in [0.25, 0.3) is 5.69 Å². The predicted octanol–water partition coefficient (Wildman–Crippen LogP) is 9.49. The molecule has 10 nitrogen and oxygen atoms in total. The molecular weight excluding hydrogens is 704 g/mol. The van der Waals surface area contributed by atoms with Gasteiger partial charge in [-0.05, 0) is 116 Å². The molecule has 1 aliphatic heterocycles. The van der Waals surface area contributed by atoms with Gasteiger partial charge in [-0.25, -0.2) is 9.97 Å². The smallest absolute Gasteiger partial charge is 0.293 e. The van der Waals surface area contributed by atoms with Crippen molar-refractivity contribution in [2.45, 2.75) is 58.3 Å². The molecule has 1 saturated heterocycles.